The van der Waals surface area contributed by atoms with E-state index in [-0.39, 0.29) is 29.5 Å². The summed E-state index contributed by atoms with van der Waals surface area (Å²) in [6.45, 7) is 2.86. The molecule has 10 nitrogen and oxygen atoms in total. The zero-order chi connectivity index (χ0) is 27.4. The largest absolute Gasteiger partial charge is 0.453 e. The van der Waals surface area contributed by atoms with Gasteiger partial charge in [0.1, 0.15) is 11.4 Å². The first kappa shape index (κ1) is 27.1. The number of amidine groups is 1. The number of hydrogen-bond acceptors (Lipinski definition) is 8. The Hall–Kier alpha value is -3.49. The molecule has 0 atom stereocenters. The maximum Gasteiger partial charge on any atom is 0.409 e. The van der Waals surface area contributed by atoms with E-state index in [4.69, 9.17) is 10.5 Å². The number of rotatable bonds is 7. The van der Waals surface area contributed by atoms with Crippen LogP contribution in [0.5, 0.6) is 0 Å². The highest BCUT2D eigenvalue weighted by molar-refractivity contribution is 7.97. The van der Waals surface area contributed by atoms with Gasteiger partial charge in [-0.1, -0.05) is 12.8 Å². The Bertz CT molecular complexity index is 1340. The standard InChI is InChI=1S/C28H35N7O3S/c1-38-27(37)34-14-10-28(9-12-29,11-15-34)33-22-8-13-31-26(36)24(22)25(30)32-21-6-7-23-20(16-21)18-35(39-23)17-19-4-2-3-5-19/h6-8,13,16,19H,2-5,9-11,14-15,17-18H2,1H3,(H2,30,32)(H2,31,33,36). The number of nitriles is 1. The minimum absolute atomic E-state index is 0.104. The number of pyridine rings is 1. The van der Waals surface area contributed by atoms with Crippen LogP contribution in [-0.4, -0.2) is 58.4 Å². The van der Waals surface area contributed by atoms with Gasteiger partial charge < -0.3 is 25.7 Å². The lowest BCUT2D eigenvalue weighted by Crippen LogP contribution is -2.51. The second kappa shape index (κ2) is 11.7. The van der Waals surface area contributed by atoms with Crippen LogP contribution in [0.15, 0.2) is 45.1 Å². The third-order valence-electron chi connectivity index (χ3n) is 7.99. The van der Waals surface area contributed by atoms with Crippen LogP contribution in [0.25, 0.3) is 0 Å². The number of nitrogens with one attached hydrogen (secondary N) is 2. The Labute approximate surface area is 232 Å². The normalized spacial score (nSPS) is 19.5. The molecule has 39 heavy (non-hydrogen) atoms. The smallest absolute Gasteiger partial charge is 0.409 e. The number of amides is 1. The summed E-state index contributed by atoms with van der Waals surface area (Å²) in [7, 11) is 1.36. The summed E-state index contributed by atoms with van der Waals surface area (Å²) in [6.07, 6.45) is 7.75. The molecule has 206 valence electrons. The molecule has 0 bridgehead atoms. The van der Waals surface area contributed by atoms with Gasteiger partial charge in [0.25, 0.3) is 5.56 Å². The molecular weight excluding hydrogens is 514 g/mol. The van der Waals surface area contributed by atoms with Crippen molar-refractivity contribution in [2.24, 2.45) is 16.6 Å². The fourth-order valence-corrected chi connectivity index (χ4v) is 6.99. The van der Waals surface area contributed by atoms with Crippen LogP contribution in [0, 0.1) is 17.2 Å². The van der Waals surface area contributed by atoms with Gasteiger partial charge in [0.15, 0.2) is 0 Å². The molecular formula is C28H35N7O3S. The second-order valence-corrected chi connectivity index (χ2v) is 11.8. The maximum atomic E-state index is 12.9. The van der Waals surface area contributed by atoms with Crippen molar-refractivity contribution in [3.8, 4) is 6.07 Å². The lowest BCUT2D eigenvalue weighted by atomic mass is 9.84. The number of hydrogen-bond donors (Lipinski definition) is 3. The van der Waals surface area contributed by atoms with E-state index >= 15 is 0 Å². The molecule has 4 N–H and O–H groups in total. The highest BCUT2D eigenvalue weighted by Gasteiger charge is 2.37. The van der Waals surface area contributed by atoms with Crippen molar-refractivity contribution in [2.45, 2.75) is 61.9 Å². The van der Waals surface area contributed by atoms with Crippen LogP contribution in [0.2, 0.25) is 0 Å². The van der Waals surface area contributed by atoms with E-state index in [0.29, 0.717) is 37.3 Å². The Morgan fingerprint density at radius 2 is 2.08 bits per heavy atom. The molecule has 3 aliphatic rings. The molecule has 1 amide bonds. The number of aromatic amines is 1. The van der Waals surface area contributed by atoms with Crippen molar-refractivity contribution < 1.29 is 9.53 Å². The first-order valence-electron chi connectivity index (χ1n) is 13.5. The summed E-state index contributed by atoms with van der Waals surface area (Å²) in [6, 6.07) is 10.1. The Balaban J connectivity index is 1.35. The number of carbonyl (C=O) groups is 1. The van der Waals surface area contributed by atoms with Crippen molar-refractivity contribution in [3.05, 3.63) is 51.9 Å². The maximum absolute atomic E-state index is 12.9. The zero-order valence-electron chi connectivity index (χ0n) is 22.2. The zero-order valence-corrected chi connectivity index (χ0v) is 23.1. The molecule has 11 heteroatoms. The summed E-state index contributed by atoms with van der Waals surface area (Å²) in [5, 5.41) is 13.0. The minimum Gasteiger partial charge on any atom is -0.453 e. The van der Waals surface area contributed by atoms with Crippen LogP contribution in [0.1, 0.15) is 56.1 Å². The SMILES string of the molecule is COC(=O)N1CCC(CC#N)(Nc2cc[nH]c(=O)c2C(N)=Nc2ccc3c(c2)CN(CC2CCCC2)S3)CC1. The average molecular weight is 550 g/mol. The van der Waals surface area contributed by atoms with E-state index in [2.05, 4.69) is 31.7 Å². The van der Waals surface area contributed by atoms with E-state index < -0.39 is 5.54 Å². The minimum atomic E-state index is -0.615. The first-order chi connectivity index (χ1) is 18.9. The summed E-state index contributed by atoms with van der Waals surface area (Å²) in [4.78, 5) is 35.1. The molecule has 3 heterocycles. The number of nitrogens with two attached hydrogens (primary N) is 1. The van der Waals surface area contributed by atoms with Gasteiger partial charge in [-0.15, -0.1) is 0 Å². The number of methoxy groups -OCH3 is 1. The third kappa shape index (κ3) is 6.07. The molecule has 5 rings (SSSR count). The van der Waals surface area contributed by atoms with Crippen molar-refractivity contribution >= 4 is 35.3 Å². The van der Waals surface area contributed by atoms with Gasteiger partial charge in [0, 0.05) is 37.3 Å². The number of piperidine rings is 1. The third-order valence-corrected chi connectivity index (χ3v) is 9.12. The molecule has 0 unspecified atom stereocenters. The number of likely N-dealkylation sites (tertiary alicyclic amines) is 1. The summed E-state index contributed by atoms with van der Waals surface area (Å²) >= 11 is 1.81. The van der Waals surface area contributed by atoms with Gasteiger partial charge in [0.2, 0.25) is 0 Å². The Morgan fingerprint density at radius 3 is 2.79 bits per heavy atom. The molecule has 1 aromatic heterocycles. The van der Waals surface area contributed by atoms with Crippen molar-refractivity contribution in [2.75, 3.05) is 32.1 Å². The monoisotopic (exact) mass is 549 g/mol. The lowest BCUT2D eigenvalue weighted by molar-refractivity contribution is 0.104. The van der Waals surface area contributed by atoms with Crippen molar-refractivity contribution in [1.82, 2.24) is 14.2 Å². The quantitative estimate of drug-likeness (QED) is 0.263. The lowest BCUT2D eigenvalue weighted by Gasteiger charge is -2.41. The van der Waals surface area contributed by atoms with Crippen LogP contribution in [0.4, 0.5) is 16.2 Å². The summed E-state index contributed by atoms with van der Waals surface area (Å²) in [5.41, 5.74) is 8.15. The Morgan fingerprint density at radius 1 is 1.31 bits per heavy atom. The average Bonchev–Trinajstić information content (AvgIpc) is 3.58. The predicted molar refractivity (Wildman–Crippen MR) is 152 cm³/mol. The van der Waals surface area contributed by atoms with Gasteiger partial charge in [-0.25, -0.2) is 14.1 Å². The number of carbonyl (C=O) groups excluding carboxylic acids is 1. The molecule has 1 saturated heterocycles. The van der Waals surface area contributed by atoms with Gasteiger partial charge in [-0.3, -0.25) is 4.79 Å². The number of nitrogens with zero attached hydrogens (tertiary/aromatic N) is 4. The van der Waals surface area contributed by atoms with Gasteiger partial charge in [-0.05, 0) is 73.4 Å². The second-order valence-electron chi connectivity index (χ2n) is 10.6. The molecule has 2 aliphatic heterocycles. The number of aromatic nitrogens is 1. The number of anilines is 1. The fraction of sp³-hybridized carbons (Fsp3) is 0.500. The number of aliphatic imine (C=N–C) groups is 1. The Kier molecular flexibility index (Phi) is 8.14. The fourth-order valence-electron chi connectivity index (χ4n) is 5.85. The van der Waals surface area contributed by atoms with Gasteiger partial charge >= 0.3 is 6.09 Å². The number of benzene rings is 1. The molecule has 0 spiro atoms. The predicted octanol–water partition coefficient (Wildman–Crippen LogP) is 4.35. The number of fused-ring (bicyclic) bond motifs is 1. The van der Waals surface area contributed by atoms with E-state index in [1.807, 2.05) is 24.1 Å². The van der Waals surface area contributed by atoms with Crippen LogP contribution in [-0.2, 0) is 11.3 Å². The van der Waals surface area contributed by atoms with Crippen molar-refractivity contribution in [3.63, 3.8) is 0 Å². The molecule has 1 saturated carbocycles. The molecule has 1 aliphatic carbocycles. The molecule has 2 fully saturated rings. The summed E-state index contributed by atoms with van der Waals surface area (Å²) in [5.74, 6) is 0.888. The number of H-pyrrole nitrogens is 1. The van der Waals surface area contributed by atoms with E-state index in [1.54, 1.807) is 17.2 Å². The highest BCUT2D eigenvalue weighted by atomic mass is 32.2. The van der Waals surface area contributed by atoms with Crippen LogP contribution >= 0.6 is 11.9 Å². The topological polar surface area (TPSA) is 140 Å². The van der Waals surface area contributed by atoms with E-state index in [9.17, 15) is 14.9 Å². The van der Waals surface area contributed by atoms with Gasteiger partial charge in [0.05, 0.1) is 36.5 Å². The summed E-state index contributed by atoms with van der Waals surface area (Å²) < 4.78 is 7.27. The number of ether oxygens (including phenoxy) is 1. The van der Waals surface area contributed by atoms with Crippen molar-refractivity contribution in [1.29, 1.82) is 5.26 Å². The highest BCUT2D eigenvalue weighted by Crippen LogP contribution is 2.40. The van der Waals surface area contributed by atoms with Crippen LogP contribution in [0.3, 0.4) is 0 Å². The molecule has 1 aromatic carbocycles. The van der Waals surface area contributed by atoms with E-state index in [1.165, 1.54) is 43.3 Å². The molecule has 0 radical (unpaired) electrons. The molecule has 2 aromatic rings. The first-order valence-corrected chi connectivity index (χ1v) is 14.3. The van der Waals surface area contributed by atoms with E-state index in [0.717, 1.165) is 19.0 Å². The van der Waals surface area contributed by atoms with Gasteiger partial charge in [-0.2, -0.15) is 5.26 Å². The van der Waals surface area contributed by atoms with Crippen LogP contribution < -0.4 is 16.6 Å².